The van der Waals surface area contributed by atoms with Gasteiger partial charge in [-0.15, -0.1) is 0 Å². The number of piperidine rings is 1. The maximum Gasteiger partial charge on any atom is 0.410 e. The van der Waals surface area contributed by atoms with Crippen LogP contribution >= 0.6 is 0 Å². The average Bonchev–Trinajstić information content (AvgIpc) is 3.43. The third-order valence-corrected chi connectivity index (χ3v) is 4.70. The maximum absolute atomic E-state index is 12.3. The van der Waals surface area contributed by atoms with Crippen LogP contribution in [-0.2, 0) is 11.3 Å². The Morgan fingerprint density at radius 3 is 2.70 bits per heavy atom. The minimum absolute atomic E-state index is 0.186. The summed E-state index contributed by atoms with van der Waals surface area (Å²) in [5, 5.41) is 9.28. The van der Waals surface area contributed by atoms with Crippen molar-refractivity contribution in [3.05, 3.63) is 35.9 Å². The predicted octanol–water partition coefficient (Wildman–Crippen LogP) is 2.24. The van der Waals surface area contributed by atoms with Gasteiger partial charge in [0.2, 0.25) is 0 Å². The van der Waals surface area contributed by atoms with Crippen molar-refractivity contribution in [2.24, 2.45) is 0 Å². The summed E-state index contributed by atoms with van der Waals surface area (Å²) in [4.78, 5) is 16.5. The lowest BCUT2D eigenvalue weighted by atomic mass is 10.0. The molecule has 1 aromatic carbocycles. The van der Waals surface area contributed by atoms with E-state index in [-0.39, 0.29) is 12.7 Å². The van der Waals surface area contributed by atoms with Crippen molar-refractivity contribution in [2.45, 2.75) is 44.4 Å². The van der Waals surface area contributed by atoms with Gasteiger partial charge in [0.1, 0.15) is 6.61 Å². The number of carbonyl (C=O) groups excluding carboxylic acids is 1. The van der Waals surface area contributed by atoms with Crippen molar-refractivity contribution < 1.29 is 14.6 Å². The zero-order valence-corrected chi connectivity index (χ0v) is 13.6. The van der Waals surface area contributed by atoms with E-state index in [1.807, 2.05) is 35.2 Å². The summed E-state index contributed by atoms with van der Waals surface area (Å²) in [6, 6.07) is 10.7. The van der Waals surface area contributed by atoms with Crippen molar-refractivity contribution in [1.29, 1.82) is 0 Å². The molecule has 2 fully saturated rings. The van der Waals surface area contributed by atoms with Crippen LogP contribution in [0.1, 0.15) is 31.2 Å². The van der Waals surface area contributed by atoms with Gasteiger partial charge in [-0.2, -0.15) is 0 Å². The summed E-state index contributed by atoms with van der Waals surface area (Å²) < 4.78 is 5.45. The first-order chi connectivity index (χ1) is 11.3. The molecule has 0 spiro atoms. The number of aliphatic hydroxyl groups is 1. The van der Waals surface area contributed by atoms with Crippen molar-refractivity contribution in [2.75, 3.05) is 26.2 Å². The van der Waals surface area contributed by atoms with Gasteiger partial charge in [-0.25, -0.2) is 4.79 Å². The van der Waals surface area contributed by atoms with Gasteiger partial charge in [-0.1, -0.05) is 30.3 Å². The van der Waals surface area contributed by atoms with Crippen LogP contribution in [0.4, 0.5) is 4.79 Å². The van der Waals surface area contributed by atoms with Gasteiger partial charge in [-0.3, -0.25) is 4.90 Å². The Morgan fingerprint density at radius 2 is 2.00 bits per heavy atom. The second kappa shape index (κ2) is 7.79. The third kappa shape index (κ3) is 4.45. The first-order valence-corrected chi connectivity index (χ1v) is 8.60. The highest BCUT2D eigenvalue weighted by molar-refractivity contribution is 5.67. The van der Waals surface area contributed by atoms with Crippen LogP contribution in [0.5, 0.6) is 0 Å². The van der Waals surface area contributed by atoms with Crippen LogP contribution in [-0.4, -0.2) is 59.3 Å². The molecule has 126 valence electrons. The van der Waals surface area contributed by atoms with Crippen LogP contribution in [0.25, 0.3) is 0 Å². The van der Waals surface area contributed by atoms with Crippen LogP contribution in [0.15, 0.2) is 30.3 Å². The van der Waals surface area contributed by atoms with Gasteiger partial charge in [0.05, 0.1) is 6.61 Å². The zero-order valence-electron chi connectivity index (χ0n) is 13.6. The van der Waals surface area contributed by atoms with E-state index in [1.54, 1.807) is 0 Å². The van der Waals surface area contributed by atoms with Crippen molar-refractivity contribution in [3.63, 3.8) is 0 Å². The largest absolute Gasteiger partial charge is 0.445 e. The number of aliphatic hydroxyl groups excluding tert-OH is 1. The number of carbonyl (C=O) groups is 1. The molecule has 1 saturated carbocycles. The molecule has 1 aliphatic carbocycles. The standard InChI is InChI=1S/C18H26N2O3/c21-12-11-20(16-8-9-16)17-7-4-10-19(13-17)18(22)23-14-15-5-2-1-3-6-15/h1-3,5-6,16-17,21H,4,7-14H2. The number of hydrogen-bond donors (Lipinski definition) is 1. The normalized spacial score (nSPS) is 21.5. The third-order valence-electron chi connectivity index (χ3n) is 4.70. The van der Waals surface area contributed by atoms with Crippen molar-refractivity contribution >= 4 is 6.09 Å². The maximum atomic E-state index is 12.3. The topological polar surface area (TPSA) is 53.0 Å². The van der Waals surface area contributed by atoms with Gasteiger partial charge in [-0.05, 0) is 31.2 Å². The molecule has 5 heteroatoms. The van der Waals surface area contributed by atoms with Crippen LogP contribution in [0.3, 0.4) is 0 Å². The molecule has 0 radical (unpaired) electrons. The van der Waals surface area contributed by atoms with E-state index < -0.39 is 0 Å². The lowest BCUT2D eigenvalue weighted by molar-refractivity contribution is 0.0523. The fourth-order valence-corrected chi connectivity index (χ4v) is 3.39. The van der Waals surface area contributed by atoms with Gasteiger partial charge in [0.15, 0.2) is 0 Å². The summed E-state index contributed by atoms with van der Waals surface area (Å²) >= 11 is 0. The molecule has 1 N–H and O–H groups in total. The van der Waals surface area contributed by atoms with Crippen LogP contribution in [0, 0.1) is 0 Å². The molecule has 2 aliphatic rings. The fourth-order valence-electron chi connectivity index (χ4n) is 3.39. The molecule has 1 heterocycles. The number of nitrogens with zero attached hydrogens (tertiary/aromatic N) is 2. The molecule has 0 bridgehead atoms. The van der Waals surface area contributed by atoms with E-state index in [0.717, 1.165) is 24.9 Å². The van der Waals surface area contributed by atoms with Gasteiger partial charge < -0.3 is 14.7 Å². The molecule has 1 saturated heterocycles. The Morgan fingerprint density at radius 1 is 1.22 bits per heavy atom. The quantitative estimate of drug-likeness (QED) is 0.874. The Hall–Kier alpha value is -1.59. The number of ether oxygens (including phenoxy) is 1. The summed E-state index contributed by atoms with van der Waals surface area (Å²) in [5.41, 5.74) is 1.01. The van der Waals surface area contributed by atoms with E-state index in [4.69, 9.17) is 4.74 Å². The molecule has 0 aromatic heterocycles. The highest BCUT2D eigenvalue weighted by atomic mass is 16.6. The molecule has 1 atom stereocenters. The molecule has 1 aliphatic heterocycles. The number of amides is 1. The first-order valence-electron chi connectivity index (χ1n) is 8.60. The molecule has 1 amide bonds. The molecular formula is C18H26N2O3. The van der Waals surface area contributed by atoms with Gasteiger partial charge in [0.25, 0.3) is 0 Å². The van der Waals surface area contributed by atoms with E-state index >= 15 is 0 Å². The second-order valence-corrected chi connectivity index (χ2v) is 6.47. The van der Waals surface area contributed by atoms with Crippen molar-refractivity contribution in [1.82, 2.24) is 9.80 Å². The van der Waals surface area contributed by atoms with E-state index in [1.165, 1.54) is 12.8 Å². The molecule has 1 aromatic rings. The monoisotopic (exact) mass is 318 g/mol. The van der Waals surface area contributed by atoms with E-state index in [9.17, 15) is 9.90 Å². The number of benzene rings is 1. The number of rotatable bonds is 6. The van der Waals surface area contributed by atoms with Crippen LogP contribution < -0.4 is 0 Å². The van der Waals surface area contributed by atoms with E-state index in [0.29, 0.717) is 31.8 Å². The Kier molecular flexibility index (Phi) is 5.51. The molecule has 5 nitrogen and oxygen atoms in total. The number of likely N-dealkylation sites (tertiary alicyclic amines) is 1. The summed E-state index contributed by atoms with van der Waals surface area (Å²) in [6.45, 7) is 2.70. The minimum Gasteiger partial charge on any atom is -0.445 e. The predicted molar refractivity (Wildman–Crippen MR) is 88.0 cm³/mol. The molecule has 3 rings (SSSR count). The Balaban J connectivity index is 1.52. The Labute approximate surface area is 137 Å². The fraction of sp³-hybridized carbons (Fsp3) is 0.611. The number of hydrogen-bond acceptors (Lipinski definition) is 4. The van der Waals surface area contributed by atoms with Crippen LogP contribution in [0.2, 0.25) is 0 Å². The van der Waals surface area contributed by atoms with E-state index in [2.05, 4.69) is 4.90 Å². The zero-order chi connectivity index (χ0) is 16.1. The lowest BCUT2D eigenvalue weighted by Crippen LogP contribution is -2.51. The highest BCUT2D eigenvalue weighted by Crippen LogP contribution is 2.31. The van der Waals surface area contributed by atoms with Crippen molar-refractivity contribution in [3.8, 4) is 0 Å². The summed E-state index contributed by atoms with van der Waals surface area (Å²) in [7, 11) is 0. The highest BCUT2D eigenvalue weighted by Gasteiger charge is 2.36. The molecule has 23 heavy (non-hydrogen) atoms. The average molecular weight is 318 g/mol. The minimum atomic E-state index is -0.224. The lowest BCUT2D eigenvalue weighted by Gasteiger charge is -2.38. The Bertz CT molecular complexity index is 504. The summed E-state index contributed by atoms with van der Waals surface area (Å²) in [5.74, 6) is 0. The van der Waals surface area contributed by atoms with Gasteiger partial charge in [0, 0.05) is 31.7 Å². The van der Waals surface area contributed by atoms with Gasteiger partial charge >= 0.3 is 6.09 Å². The molecule has 1 unspecified atom stereocenters. The summed E-state index contributed by atoms with van der Waals surface area (Å²) in [6.07, 6.45) is 4.31. The first kappa shape index (κ1) is 16.3. The SMILES string of the molecule is O=C(OCc1ccccc1)N1CCCC(N(CCO)C2CC2)C1. The molecular weight excluding hydrogens is 292 g/mol. The second-order valence-electron chi connectivity index (χ2n) is 6.47. The smallest absolute Gasteiger partial charge is 0.410 e.